The molecular formula is C11H13N5O2. The molecule has 3 rings (SSSR count). The highest BCUT2D eigenvalue weighted by atomic mass is 16.4. The maximum Gasteiger partial charge on any atom is 0.404 e. The molecule has 1 amide bonds. The number of anilines is 1. The summed E-state index contributed by atoms with van der Waals surface area (Å²) < 4.78 is 1.76. The summed E-state index contributed by atoms with van der Waals surface area (Å²) in [7, 11) is 0. The Labute approximate surface area is 103 Å². The van der Waals surface area contributed by atoms with Gasteiger partial charge in [0, 0.05) is 25.5 Å². The Kier molecular flexibility index (Phi) is 2.51. The van der Waals surface area contributed by atoms with Gasteiger partial charge in [-0.15, -0.1) is 0 Å². The summed E-state index contributed by atoms with van der Waals surface area (Å²) in [5, 5.41) is 15.4. The molecule has 0 radical (unpaired) electrons. The number of carboxylic acid groups (broad SMARTS) is 1. The van der Waals surface area contributed by atoms with Crippen LogP contribution < -0.4 is 10.2 Å². The smallest absolute Gasteiger partial charge is 0.404 e. The number of aromatic nitrogens is 3. The Morgan fingerprint density at radius 3 is 3.22 bits per heavy atom. The van der Waals surface area contributed by atoms with Crippen molar-refractivity contribution in [3.63, 3.8) is 0 Å². The van der Waals surface area contributed by atoms with Crippen LogP contribution >= 0.6 is 0 Å². The van der Waals surface area contributed by atoms with Crippen LogP contribution in [0.3, 0.4) is 0 Å². The molecule has 94 valence electrons. The van der Waals surface area contributed by atoms with Gasteiger partial charge in [-0.1, -0.05) is 0 Å². The number of hydrogen-bond donors (Lipinski definition) is 2. The average Bonchev–Trinajstić information content (AvgIpc) is 2.95. The summed E-state index contributed by atoms with van der Waals surface area (Å²) in [6, 6.07) is 1.87. The van der Waals surface area contributed by atoms with Crippen molar-refractivity contribution in [3.05, 3.63) is 24.7 Å². The van der Waals surface area contributed by atoms with Gasteiger partial charge in [-0.25, -0.2) is 14.3 Å². The molecule has 1 atom stereocenters. The van der Waals surface area contributed by atoms with Crippen LogP contribution in [0.15, 0.2) is 24.7 Å². The second-order valence-corrected chi connectivity index (χ2v) is 4.29. The fourth-order valence-corrected chi connectivity index (χ4v) is 2.33. The van der Waals surface area contributed by atoms with Crippen molar-refractivity contribution < 1.29 is 9.90 Å². The molecule has 0 saturated carbocycles. The summed E-state index contributed by atoms with van der Waals surface area (Å²) in [5.41, 5.74) is 0.938. The molecule has 3 heterocycles. The molecule has 1 unspecified atom stereocenters. The van der Waals surface area contributed by atoms with Crippen LogP contribution in [0.5, 0.6) is 0 Å². The van der Waals surface area contributed by atoms with E-state index in [-0.39, 0.29) is 6.04 Å². The second kappa shape index (κ2) is 4.17. The third-order valence-corrected chi connectivity index (χ3v) is 3.12. The zero-order valence-electron chi connectivity index (χ0n) is 9.65. The first-order valence-electron chi connectivity index (χ1n) is 5.77. The van der Waals surface area contributed by atoms with Crippen LogP contribution in [0.4, 0.5) is 10.6 Å². The van der Waals surface area contributed by atoms with Gasteiger partial charge in [-0.3, -0.25) is 0 Å². The number of nitrogens with zero attached hydrogens (tertiary/aromatic N) is 4. The van der Waals surface area contributed by atoms with Crippen LogP contribution in [-0.2, 0) is 0 Å². The minimum absolute atomic E-state index is 0.0347. The predicted octanol–water partition coefficient (Wildman–Crippen LogP) is 0.576. The Morgan fingerprint density at radius 2 is 2.39 bits per heavy atom. The molecule has 0 bridgehead atoms. The molecular weight excluding hydrogens is 234 g/mol. The number of fused-ring (bicyclic) bond motifs is 1. The lowest BCUT2D eigenvalue weighted by Gasteiger charge is -2.18. The Balaban J connectivity index is 1.84. The van der Waals surface area contributed by atoms with E-state index in [1.54, 1.807) is 23.1 Å². The second-order valence-electron chi connectivity index (χ2n) is 4.29. The molecule has 2 aromatic heterocycles. The highest BCUT2D eigenvalue weighted by Crippen LogP contribution is 2.22. The van der Waals surface area contributed by atoms with Crippen LogP contribution in [0.1, 0.15) is 6.42 Å². The van der Waals surface area contributed by atoms with Crippen LogP contribution in [0.25, 0.3) is 5.52 Å². The maximum atomic E-state index is 10.6. The van der Waals surface area contributed by atoms with Crippen molar-refractivity contribution in [1.29, 1.82) is 0 Å². The maximum absolute atomic E-state index is 10.6. The standard InChI is InChI=1S/C11H13N5O2/c17-11(18)14-8-2-5-15(7-8)10-9-1-3-13-16(9)6-4-12-10/h1,3-4,6,8,14H,2,5,7H2,(H,17,18). The minimum Gasteiger partial charge on any atom is -0.465 e. The number of rotatable bonds is 2. The Morgan fingerprint density at radius 1 is 1.50 bits per heavy atom. The first kappa shape index (κ1) is 10.8. The first-order valence-corrected chi connectivity index (χ1v) is 5.77. The lowest BCUT2D eigenvalue weighted by Crippen LogP contribution is -2.36. The first-order chi connectivity index (χ1) is 8.74. The molecule has 7 nitrogen and oxygen atoms in total. The zero-order valence-corrected chi connectivity index (χ0v) is 9.65. The Hall–Kier alpha value is -2.31. The summed E-state index contributed by atoms with van der Waals surface area (Å²) in [5.74, 6) is 0.852. The van der Waals surface area contributed by atoms with Gasteiger partial charge in [0.25, 0.3) is 0 Å². The van der Waals surface area contributed by atoms with E-state index < -0.39 is 6.09 Å². The number of nitrogens with one attached hydrogen (secondary N) is 1. The molecule has 1 aliphatic heterocycles. The van der Waals surface area contributed by atoms with E-state index in [9.17, 15) is 4.79 Å². The summed E-state index contributed by atoms with van der Waals surface area (Å²) in [6.45, 7) is 1.44. The minimum atomic E-state index is -0.975. The van der Waals surface area contributed by atoms with Crippen molar-refractivity contribution in [2.45, 2.75) is 12.5 Å². The van der Waals surface area contributed by atoms with E-state index in [0.717, 1.165) is 24.3 Å². The van der Waals surface area contributed by atoms with Gasteiger partial charge in [0.2, 0.25) is 0 Å². The number of amides is 1. The molecule has 2 aromatic rings. The lowest BCUT2D eigenvalue weighted by atomic mass is 10.3. The zero-order chi connectivity index (χ0) is 12.5. The monoisotopic (exact) mass is 247 g/mol. The predicted molar refractivity (Wildman–Crippen MR) is 64.8 cm³/mol. The van der Waals surface area contributed by atoms with E-state index in [4.69, 9.17) is 5.11 Å². The highest BCUT2D eigenvalue weighted by Gasteiger charge is 2.25. The van der Waals surface area contributed by atoms with Gasteiger partial charge >= 0.3 is 6.09 Å². The molecule has 1 saturated heterocycles. The van der Waals surface area contributed by atoms with E-state index in [1.807, 2.05) is 6.07 Å². The van der Waals surface area contributed by atoms with E-state index in [0.29, 0.717) is 6.54 Å². The summed E-state index contributed by atoms with van der Waals surface area (Å²) in [4.78, 5) is 17.1. The topological polar surface area (TPSA) is 82.8 Å². The van der Waals surface area contributed by atoms with Gasteiger partial charge in [0.1, 0.15) is 5.52 Å². The van der Waals surface area contributed by atoms with Crippen molar-refractivity contribution in [1.82, 2.24) is 19.9 Å². The Bertz CT molecular complexity index is 582. The number of hydrogen-bond acceptors (Lipinski definition) is 4. The molecule has 18 heavy (non-hydrogen) atoms. The van der Waals surface area contributed by atoms with Crippen LogP contribution in [0, 0.1) is 0 Å². The fourth-order valence-electron chi connectivity index (χ4n) is 2.33. The van der Waals surface area contributed by atoms with Gasteiger partial charge in [0.05, 0.1) is 12.2 Å². The lowest BCUT2D eigenvalue weighted by molar-refractivity contribution is 0.191. The van der Waals surface area contributed by atoms with Crippen molar-refractivity contribution in [3.8, 4) is 0 Å². The van der Waals surface area contributed by atoms with Gasteiger partial charge in [0.15, 0.2) is 5.82 Å². The van der Waals surface area contributed by atoms with E-state index in [2.05, 4.69) is 20.3 Å². The largest absolute Gasteiger partial charge is 0.465 e. The molecule has 0 spiro atoms. The summed E-state index contributed by atoms with van der Waals surface area (Å²) >= 11 is 0. The third-order valence-electron chi connectivity index (χ3n) is 3.12. The average molecular weight is 247 g/mol. The van der Waals surface area contributed by atoms with E-state index in [1.165, 1.54) is 0 Å². The molecule has 2 N–H and O–H groups in total. The fraction of sp³-hybridized carbons (Fsp3) is 0.364. The van der Waals surface area contributed by atoms with Crippen molar-refractivity contribution in [2.75, 3.05) is 18.0 Å². The molecule has 0 aliphatic carbocycles. The van der Waals surface area contributed by atoms with Crippen molar-refractivity contribution >= 4 is 17.4 Å². The van der Waals surface area contributed by atoms with Gasteiger partial charge in [-0.05, 0) is 12.5 Å². The highest BCUT2D eigenvalue weighted by molar-refractivity contribution is 5.69. The normalized spacial score (nSPS) is 19.3. The molecule has 0 aromatic carbocycles. The quantitative estimate of drug-likeness (QED) is 0.811. The summed E-state index contributed by atoms with van der Waals surface area (Å²) in [6.07, 6.45) is 5.04. The van der Waals surface area contributed by atoms with E-state index >= 15 is 0 Å². The molecule has 7 heteroatoms. The third kappa shape index (κ3) is 1.83. The van der Waals surface area contributed by atoms with Gasteiger partial charge < -0.3 is 15.3 Å². The molecule has 1 fully saturated rings. The van der Waals surface area contributed by atoms with Crippen LogP contribution in [-0.4, -0.2) is 44.9 Å². The van der Waals surface area contributed by atoms with Gasteiger partial charge in [-0.2, -0.15) is 5.10 Å². The number of carbonyl (C=O) groups is 1. The SMILES string of the molecule is O=C(O)NC1CCN(c2nccn3nccc23)C1. The van der Waals surface area contributed by atoms with Crippen molar-refractivity contribution in [2.24, 2.45) is 0 Å². The van der Waals surface area contributed by atoms with Crippen LogP contribution in [0.2, 0.25) is 0 Å². The molecule has 1 aliphatic rings.